The Morgan fingerprint density at radius 3 is 2.38 bits per heavy atom. The molecule has 45 heavy (non-hydrogen) atoms. The van der Waals surface area contributed by atoms with E-state index < -0.39 is 24.2 Å². The number of aliphatic carboxylic acids is 1. The zero-order valence-corrected chi connectivity index (χ0v) is 27.9. The molecular weight excluding hydrogens is 578 g/mol. The van der Waals surface area contributed by atoms with Crippen LogP contribution in [0.2, 0.25) is 0 Å². The predicted octanol–water partition coefficient (Wildman–Crippen LogP) is 3.73. The molecule has 10 nitrogen and oxygen atoms in total. The van der Waals surface area contributed by atoms with Gasteiger partial charge < -0.3 is 35.2 Å². The van der Waals surface area contributed by atoms with E-state index in [0.717, 1.165) is 38.5 Å². The Morgan fingerprint density at radius 1 is 0.911 bits per heavy atom. The van der Waals surface area contributed by atoms with Crippen molar-refractivity contribution < 1.29 is 44.3 Å². The maximum atomic E-state index is 12.9. The topological polar surface area (TPSA) is 163 Å². The van der Waals surface area contributed by atoms with Crippen LogP contribution in [0.5, 0.6) is 0 Å². The van der Waals surface area contributed by atoms with Crippen LogP contribution >= 0.6 is 0 Å². The number of carboxylic acid groups (broad SMARTS) is 1. The summed E-state index contributed by atoms with van der Waals surface area (Å²) in [6.07, 6.45) is 6.28. The fraction of sp³-hybridized carbons (Fsp3) is 0.914. The maximum absolute atomic E-state index is 12.9. The minimum Gasteiger partial charge on any atom is -0.480 e. The number of Topliss-reactive ketones (excluding diaryl/α,β-unsaturated/α-hetero) is 1. The number of carboxylic acids is 1. The molecule has 258 valence electrons. The second-order valence-electron chi connectivity index (χ2n) is 15.3. The Kier molecular flexibility index (Phi) is 12.5. The summed E-state index contributed by atoms with van der Waals surface area (Å²) in [5, 5.41) is 45.9. The van der Waals surface area contributed by atoms with E-state index in [4.69, 9.17) is 9.47 Å². The zero-order chi connectivity index (χ0) is 32.9. The standard InChI is InChI=1S/C35H59NO9/c1-21(7-12-31(41)36-28(33(42)43)11-8-23(37)6-5-15-45-17-16-44-4)25-9-10-26-32-27(20-30(40)35(25,26)3)34(2)14-13-24(38)18-22(34)19-29(32)39/h21-22,24-30,32,38-40H,5-20H2,1-4H3,(H,36,41)(H,42,43)/t21-,22+,24-,25?,26+,27?,28?,29?,30+,32?,34+,35-/m1/s1. The van der Waals surface area contributed by atoms with Gasteiger partial charge in [-0.05, 0) is 111 Å². The lowest BCUT2D eigenvalue weighted by Gasteiger charge is -2.63. The van der Waals surface area contributed by atoms with Crippen LogP contribution in [-0.4, -0.2) is 89.4 Å². The van der Waals surface area contributed by atoms with Gasteiger partial charge >= 0.3 is 5.97 Å². The Hall–Kier alpha value is -1.59. The third-order valence-electron chi connectivity index (χ3n) is 12.9. The van der Waals surface area contributed by atoms with E-state index in [-0.39, 0.29) is 83.4 Å². The number of hydrogen-bond donors (Lipinski definition) is 5. The van der Waals surface area contributed by atoms with Gasteiger partial charge in [-0.25, -0.2) is 4.79 Å². The lowest BCUT2D eigenvalue weighted by atomic mass is 9.43. The summed E-state index contributed by atoms with van der Waals surface area (Å²) in [7, 11) is 1.59. The molecule has 5 unspecified atom stereocenters. The molecule has 0 bridgehead atoms. The highest BCUT2D eigenvalue weighted by Gasteiger charge is 2.65. The number of carbonyl (C=O) groups excluding carboxylic acids is 2. The number of aliphatic hydroxyl groups is 3. The zero-order valence-electron chi connectivity index (χ0n) is 27.9. The van der Waals surface area contributed by atoms with E-state index in [9.17, 15) is 34.8 Å². The smallest absolute Gasteiger partial charge is 0.326 e. The summed E-state index contributed by atoms with van der Waals surface area (Å²) in [5.41, 5.74) is -0.328. The highest BCUT2D eigenvalue weighted by Crippen LogP contribution is 2.68. The van der Waals surface area contributed by atoms with Crippen molar-refractivity contribution >= 4 is 17.7 Å². The minimum atomic E-state index is -1.15. The summed E-state index contributed by atoms with van der Waals surface area (Å²) >= 11 is 0. The van der Waals surface area contributed by atoms with Crippen molar-refractivity contribution in [2.24, 2.45) is 46.3 Å². The van der Waals surface area contributed by atoms with Gasteiger partial charge in [0, 0.05) is 33.0 Å². The van der Waals surface area contributed by atoms with E-state index in [1.807, 2.05) is 0 Å². The van der Waals surface area contributed by atoms with E-state index in [1.54, 1.807) is 7.11 Å². The minimum absolute atomic E-state index is 0.0248. The number of nitrogens with one attached hydrogen (secondary N) is 1. The number of ether oxygens (including phenoxy) is 2. The second-order valence-corrected chi connectivity index (χ2v) is 15.3. The quantitative estimate of drug-likeness (QED) is 0.159. The van der Waals surface area contributed by atoms with Gasteiger partial charge in [-0.1, -0.05) is 20.8 Å². The van der Waals surface area contributed by atoms with E-state index >= 15 is 0 Å². The van der Waals surface area contributed by atoms with Gasteiger partial charge in [0.15, 0.2) is 0 Å². The monoisotopic (exact) mass is 637 g/mol. The Balaban J connectivity index is 1.28. The molecule has 4 rings (SSSR count). The number of ketones is 1. The molecule has 4 fully saturated rings. The van der Waals surface area contributed by atoms with Gasteiger partial charge in [-0.15, -0.1) is 0 Å². The van der Waals surface area contributed by atoms with Crippen molar-refractivity contribution in [3.05, 3.63) is 0 Å². The van der Waals surface area contributed by atoms with Crippen molar-refractivity contribution in [3.63, 3.8) is 0 Å². The number of hydrogen-bond acceptors (Lipinski definition) is 8. The van der Waals surface area contributed by atoms with Gasteiger partial charge in [0.2, 0.25) is 5.91 Å². The van der Waals surface area contributed by atoms with Gasteiger partial charge in [-0.2, -0.15) is 0 Å². The molecule has 0 radical (unpaired) electrons. The van der Waals surface area contributed by atoms with E-state index in [1.165, 1.54) is 0 Å². The molecule has 0 aromatic rings. The van der Waals surface area contributed by atoms with Crippen LogP contribution in [0, 0.1) is 46.3 Å². The second kappa shape index (κ2) is 15.5. The average molecular weight is 638 g/mol. The van der Waals surface area contributed by atoms with Gasteiger partial charge in [0.25, 0.3) is 0 Å². The molecular formula is C35H59NO9. The molecule has 5 N–H and O–H groups in total. The predicted molar refractivity (Wildman–Crippen MR) is 168 cm³/mol. The molecule has 0 aliphatic heterocycles. The van der Waals surface area contributed by atoms with Gasteiger partial charge in [-0.3, -0.25) is 9.59 Å². The number of amides is 1. The molecule has 0 spiro atoms. The summed E-state index contributed by atoms with van der Waals surface area (Å²) in [4.78, 5) is 37.0. The normalized spacial score (nSPS) is 38.8. The highest BCUT2D eigenvalue weighted by molar-refractivity contribution is 5.84. The fourth-order valence-corrected chi connectivity index (χ4v) is 10.3. The van der Waals surface area contributed by atoms with Gasteiger partial charge in [0.1, 0.15) is 11.8 Å². The van der Waals surface area contributed by atoms with Crippen LogP contribution in [0.3, 0.4) is 0 Å². The van der Waals surface area contributed by atoms with Crippen LogP contribution in [0.1, 0.15) is 104 Å². The molecule has 0 heterocycles. The molecule has 12 atom stereocenters. The first-order valence-electron chi connectivity index (χ1n) is 17.5. The Morgan fingerprint density at radius 2 is 1.67 bits per heavy atom. The molecule has 4 aliphatic carbocycles. The van der Waals surface area contributed by atoms with E-state index in [2.05, 4.69) is 26.1 Å². The first-order chi connectivity index (χ1) is 21.3. The van der Waals surface area contributed by atoms with Crippen molar-refractivity contribution in [1.82, 2.24) is 5.32 Å². The molecule has 0 aromatic carbocycles. The molecule has 10 heteroatoms. The SMILES string of the molecule is COCCOCCCC(=O)CCC(NC(=O)CC[C@@H](C)C1CC[C@H]2C3C(O)C[C@@H]4C[C@H](O)CC[C@]4(C)C3C[C@H](O)[C@]12C)C(=O)O. The average Bonchev–Trinajstić information content (AvgIpc) is 3.35. The number of aliphatic hydroxyl groups excluding tert-OH is 3. The third kappa shape index (κ3) is 7.94. The number of rotatable bonds is 16. The van der Waals surface area contributed by atoms with Crippen LogP contribution in [-0.2, 0) is 23.9 Å². The van der Waals surface area contributed by atoms with Crippen LogP contribution in [0.4, 0.5) is 0 Å². The van der Waals surface area contributed by atoms with E-state index in [0.29, 0.717) is 45.5 Å². The fourth-order valence-electron chi connectivity index (χ4n) is 10.3. The largest absolute Gasteiger partial charge is 0.480 e. The Bertz CT molecular complexity index is 1020. The molecule has 1 amide bonds. The van der Waals surface area contributed by atoms with Crippen molar-refractivity contribution in [2.75, 3.05) is 26.9 Å². The van der Waals surface area contributed by atoms with Crippen LogP contribution in [0.15, 0.2) is 0 Å². The first kappa shape index (κ1) is 36.2. The number of carbonyl (C=O) groups is 3. The molecule has 0 saturated heterocycles. The van der Waals surface area contributed by atoms with Crippen molar-refractivity contribution in [2.45, 2.75) is 129 Å². The summed E-state index contributed by atoms with van der Waals surface area (Å²) in [6.45, 7) is 8.06. The van der Waals surface area contributed by atoms with Crippen LogP contribution in [0.25, 0.3) is 0 Å². The summed E-state index contributed by atoms with van der Waals surface area (Å²) in [5.74, 6) is -0.333. The highest BCUT2D eigenvalue weighted by atomic mass is 16.5. The summed E-state index contributed by atoms with van der Waals surface area (Å²) in [6, 6.07) is -1.11. The lowest BCUT2D eigenvalue weighted by molar-refractivity contribution is -0.207. The van der Waals surface area contributed by atoms with Crippen molar-refractivity contribution in [3.8, 4) is 0 Å². The van der Waals surface area contributed by atoms with Gasteiger partial charge in [0.05, 0.1) is 31.5 Å². The third-order valence-corrected chi connectivity index (χ3v) is 12.9. The Labute approximate surface area is 269 Å². The maximum Gasteiger partial charge on any atom is 0.326 e. The first-order valence-corrected chi connectivity index (χ1v) is 17.5. The summed E-state index contributed by atoms with van der Waals surface area (Å²) < 4.78 is 10.3. The van der Waals surface area contributed by atoms with Crippen LogP contribution < -0.4 is 5.32 Å². The number of fused-ring (bicyclic) bond motifs is 5. The van der Waals surface area contributed by atoms with Crippen molar-refractivity contribution in [1.29, 1.82) is 0 Å². The number of methoxy groups -OCH3 is 1. The molecule has 4 aliphatic rings. The molecule has 0 aromatic heterocycles. The molecule has 4 saturated carbocycles. The lowest BCUT2D eigenvalue weighted by Crippen LogP contribution is -2.62.